The highest BCUT2D eigenvalue weighted by Crippen LogP contribution is 2.26. The van der Waals surface area contributed by atoms with E-state index in [0.29, 0.717) is 6.54 Å². The van der Waals surface area contributed by atoms with Crippen molar-refractivity contribution < 1.29 is 12.8 Å². The van der Waals surface area contributed by atoms with Crippen LogP contribution in [0.4, 0.5) is 15.8 Å². The predicted octanol–water partition coefficient (Wildman–Crippen LogP) is 2.69. The Hall–Kier alpha value is -2.16. The van der Waals surface area contributed by atoms with Crippen LogP contribution in [0, 0.1) is 5.82 Å². The zero-order valence-electron chi connectivity index (χ0n) is 17.9. The van der Waals surface area contributed by atoms with Crippen LogP contribution in [-0.2, 0) is 10.0 Å². The Bertz CT molecular complexity index is 909. The second-order valence-corrected chi connectivity index (χ2v) is 9.85. The lowest BCUT2D eigenvalue weighted by atomic mass is 10.0. The largest absolute Gasteiger partial charge is 0.378 e. The molecule has 0 aliphatic carbocycles. The van der Waals surface area contributed by atoms with E-state index in [9.17, 15) is 12.8 Å². The smallest absolute Gasteiger partial charge is 0.211 e. The fourth-order valence-electron chi connectivity index (χ4n) is 3.70. The summed E-state index contributed by atoms with van der Waals surface area (Å²) in [4.78, 5) is 6.60. The van der Waals surface area contributed by atoms with Crippen LogP contribution in [0.25, 0.3) is 0 Å². The van der Waals surface area contributed by atoms with E-state index in [0.717, 1.165) is 43.1 Å². The summed E-state index contributed by atoms with van der Waals surface area (Å²) >= 11 is 0. The fraction of sp³-hybridized carbons (Fsp3) is 0.455. The summed E-state index contributed by atoms with van der Waals surface area (Å²) in [6.07, 6.45) is 0. The number of halogens is 1. The molecular weight excluding hydrogens is 403 g/mol. The molecule has 0 saturated carbocycles. The highest BCUT2D eigenvalue weighted by molar-refractivity contribution is 7.89. The Balaban J connectivity index is 1.74. The van der Waals surface area contributed by atoms with Crippen LogP contribution < -0.4 is 14.5 Å². The zero-order valence-corrected chi connectivity index (χ0v) is 18.7. The summed E-state index contributed by atoms with van der Waals surface area (Å²) in [6, 6.07) is 14.8. The number of rotatable bonds is 8. The van der Waals surface area contributed by atoms with Crippen LogP contribution in [0.3, 0.4) is 0 Å². The summed E-state index contributed by atoms with van der Waals surface area (Å²) in [5.74, 6) is -0.167. The third-order valence-corrected chi connectivity index (χ3v) is 6.98. The van der Waals surface area contributed by atoms with Gasteiger partial charge in [-0.05, 0) is 48.9 Å². The van der Waals surface area contributed by atoms with E-state index in [1.54, 1.807) is 19.1 Å². The predicted molar refractivity (Wildman–Crippen MR) is 121 cm³/mol. The number of benzene rings is 2. The lowest BCUT2D eigenvalue weighted by Crippen LogP contribution is -2.50. The van der Waals surface area contributed by atoms with Crippen LogP contribution in [0.2, 0.25) is 0 Å². The molecule has 1 aliphatic rings. The van der Waals surface area contributed by atoms with E-state index in [1.165, 1.54) is 12.1 Å². The van der Waals surface area contributed by atoms with Gasteiger partial charge in [-0.2, -0.15) is 0 Å². The molecule has 1 fully saturated rings. The Morgan fingerprint density at radius 2 is 1.60 bits per heavy atom. The highest BCUT2D eigenvalue weighted by Gasteiger charge is 2.26. The highest BCUT2D eigenvalue weighted by atomic mass is 32.2. The minimum atomic E-state index is -3.27. The molecule has 164 valence electrons. The summed E-state index contributed by atoms with van der Waals surface area (Å²) in [6.45, 7) is 5.19. The lowest BCUT2D eigenvalue weighted by Gasteiger charge is -2.40. The van der Waals surface area contributed by atoms with Crippen LogP contribution in [0.15, 0.2) is 48.5 Å². The normalized spacial score (nSPS) is 16.5. The van der Waals surface area contributed by atoms with Crippen LogP contribution >= 0.6 is 0 Å². The summed E-state index contributed by atoms with van der Waals surface area (Å²) < 4.78 is 40.1. The van der Waals surface area contributed by atoms with Gasteiger partial charge in [0.15, 0.2) is 0 Å². The Kier molecular flexibility index (Phi) is 7.33. The van der Waals surface area contributed by atoms with Gasteiger partial charge in [-0.1, -0.05) is 12.1 Å². The first kappa shape index (κ1) is 22.5. The molecule has 0 spiro atoms. The maximum Gasteiger partial charge on any atom is 0.211 e. The molecule has 2 aromatic carbocycles. The van der Waals surface area contributed by atoms with Crippen LogP contribution in [-0.4, -0.2) is 65.9 Å². The number of piperazine rings is 1. The number of nitrogens with zero attached hydrogens (tertiary/aromatic N) is 3. The van der Waals surface area contributed by atoms with E-state index in [4.69, 9.17) is 0 Å². The Labute approximate surface area is 179 Å². The van der Waals surface area contributed by atoms with E-state index in [1.807, 2.05) is 19.0 Å². The van der Waals surface area contributed by atoms with E-state index in [-0.39, 0.29) is 17.6 Å². The van der Waals surface area contributed by atoms with Gasteiger partial charge in [0.25, 0.3) is 0 Å². The van der Waals surface area contributed by atoms with Gasteiger partial charge in [-0.25, -0.2) is 17.5 Å². The van der Waals surface area contributed by atoms with Gasteiger partial charge in [0.2, 0.25) is 10.0 Å². The molecule has 1 aliphatic heterocycles. The van der Waals surface area contributed by atoms with Gasteiger partial charge in [-0.15, -0.1) is 0 Å². The van der Waals surface area contributed by atoms with Crippen molar-refractivity contribution in [3.05, 3.63) is 59.9 Å². The molecule has 0 radical (unpaired) electrons. The average Bonchev–Trinajstić information content (AvgIpc) is 2.75. The molecule has 1 N–H and O–H groups in total. The molecule has 0 aromatic heterocycles. The molecule has 1 heterocycles. The van der Waals surface area contributed by atoms with Gasteiger partial charge in [-0.3, -0.25) is 4.90 Å². The average molecular weight is 435 g/mol. The zero-order chi connectivity index (χ0) is 21.7. The third kappa shape index (κ3) is 5.71. The van der Waals surface area contributed by atoms with Crippen LogP contribution in [0.5, 0.6) is 0 Å². The van der Waals surface area contributed by atoms with Crippen molar-refractivity contribution >= 4 is 21.4 Å². The molecular formula is C22H31FN4O2S. The fourth-order valence-corrected chi connectivity index (χ4v) is 4.32. The number of sulfonamides is 1. The number of hydrogen-bond donors (Lipinski definition) is 1. The van der Waals surface area contributed by atoms with Crippen molar-refractivity contribution in [1.29, 1.82) is 0 Å². The number of anilines is 2. The van der Waals surface area contributed by atoms with Gasteiger partial charge in [0.05, 0.1) is 5.75 Å². The Morgan fingerprint density at radius 3 is 2.13 bits per heavy atom. The summed E-state index contributed by atoms with van der Waals surface area (Å²) in [7, 11) is 0.722. The second-order valence-electron chi connectivity index (χ2n) is 7.75. The SMILES string of the molecule is CCS(=O)(=O)NC[C@H](c1ccc(N(C)C)cc1)N1CCN(c2ccc(F)cc2)CC1. The van der Waals surface area contributed by atoms with Crippen molar-refractivity contribution in [3.8, 4) is 0 Å². The second kappa shape index (κ2) is 9.76. The van der Waals surface area contributed by atoms with Crippen molar-refractivity contribution in [3.63, 3.8) is 0 Å². The molecule has 8 heteroatoms. The topological polar surface area (TPSA) is 55.9 Å². The molecule has 6 nitrogen and oxygen atoms in total. The molecule has 30 heavy (non-hydrogen) atoms. The first-order valence-electron chi connectivity index (χ1n) is 10.3. The standard InChI is InChI=1S/C22H31FN4O2S/c1-4-30(28,29)24-17-22(18-5-9-20(10-6-18)25(2)3)27-15-13-26(14-16-27)21-11-7-19(23)8-12-21/h5-12,22,24H,4,13-17H2,1-3H3/t22-/m1/s1. The molecule has 0 unspecified atom stereocenters. The maximum absolute atomic E-state index is 13.2. The van der Waals surface area contributed by atoms with Crippen LogP contribution in [0.1, 0.15) is 18.5 Å². The maximum atomic E-state index is 13.2. The van der Waals surface area contributed by atoms with E-state index < -0.39 is 10.0 Å². The Morgan fingerprint density at radius 1 is 1.00 bits per heavy atom. The van der Waals surface area contributed by atoms with Gasteiger partial charge in [0.1, 0.15) is 5.82 Å². The van der Waals surface area contributed by atoms with Gasteiger partial charge in [0, 0.05) is 64.2 Å². The van der Waals surface area contributed by atoms with Crippen molar-refractivity contribution in [2.24, 2.45) is 0 Å². The minimum absolute atomic E-state index is 0.0436. The van der Waals surface area contributed by atoms with E-state index in [2.05, 4.69) is 38.8 Å². The van der Waals surface area contributed by atoms with Crippen molar-refractivity contribution in [1.82, 2.24) is 9.62 Å². The third-order valence-electron chi connectivity index (χ3n) is 5.62. The van der Waals surface area contributed by atoms with Gasteiger partial charge >= 0.3 is 0 Å². The molecule has 1 saturated heterocycles. The quantitative estimate of drug-likeness (QED) is 0.692. The van der Waals surface area contributed by atoms with Crippen molar-refractivity contribution in [2.45, 2.75) is 13.0 Å². The number of nitrogens with one attached hydrogen (secondary N) is 1. The molecule has 0 bridgehead atoms. The van der Waals surface area contributed by atoms with E-state index >= 15 is 0 Å². The molecule has 1 atom stereocenters. The monoisotopic (exact) mass is 434 g/mol. The number of hydrogen-bond acceptors (Lipinski definition) is 5. The lowest BCUT2D eigenvalue weighted by molar-refractivity contribution is 0.187. The first-order valence-corrected chi connectivity index (χ1v) is 11.9. The molecule has 2 aromatic rings. The first-order chi connectivity index (χ1) is 14.3. The molecule has 3 rings (SSSR count). The van der Waals surface area contributed by atoms with Crippen molar-refractivity contribution in [2.75, 3.05) is 62.4 Å². The van der Waals surface area contributed by atoms with Gasteiger partial charge < -0.3 is 9.80 Å². The molecule has 0 amide bonds. The summed E-state index contributed by atoms with van der Waals surface area (Å²) in [5.41, 5.74) is 3.21. The minimum Gasteiger partial charge on any atom is -0.378 e. The summed E-state index contributed by atoms with van der Waals surface area (Å²) in [5, 5.41) is 0.